The van der Waals surface area contributed by atoms with E-state index in [0.29, 0.717) is 19.3 Å². The second kappa shape index (κ2) is 8.94. The highest BCUT2D eigenvalue weighted by molar-refractivity contribution is 5.84. The SMILES string of the molecule is O=C(NC[C@@H]1C[C@@H]1C(=O)NC(C1CC1)C(F)(F)C(=O)O)OCC1c2ccccc2-c2ccccc21. The number of hydrogen-bond donors (Lipinski definition) is 3. The van der Waals surface area contributed by atoms with E-state index in [2.05, 4.69) is 10.6 Å². The number of amides is 2. The summed E-state index contributed by atoms with van der Waals surface area (Å²) in [7, 11) is 0. The molecule has 2 amide bonds. The second-order valence-electron chi connectivity index (χ2n) is 9.56. The quantitative estimate of drug-likeness (QED) is 0.503. The number of rotatable bonds is 9. The predicted molar refractivity (Wildman–Crippen MR) is 122 cm³/mol. The molecule has 0 bridgehead atoms. The third kappa shape index (κ3) is 4.59. The van der Waals surface area contributed by atoms with Crippen LogP contribution in [0.4, 0.5) is 13.6 Å². The van der Waals surface area contributed by atoms with Gasteiger partial charge in [0.15, 0.2) is 0 Å². The van der Waals surface area contributed by atoms with E-state index >= 15 is 0 Å². The molecule has 184 valence electrons. The Hall–Kier alpha value is -3.49. The van der Waals surface area contributed by atoms with Crippen LogP contribution in [0.5, 0.6) is 0 Å². The van der Waals surface area contributed by atoms with E-state index in [1.54, 1.807) is 0 Å². The fourth-order valence-corrected chi connectivity index (χ4v) is 4.99. The summed E-state index contributed by atoms with van der Waals surface area (Å²) in [4.78, 5) is 35.7. The van der Waals surface area contributed by atoms with E-state index in [-0.39, 0.29) is 25.0 Å². The van der Waals surface area contributed by atoms with Crippen molar-refractivity contribution in [1.82, 2.24) is 10.6 Å². The number of carbonyl (C=O) groups excluding carboxylic acids is 2. The zero-order valence-corrected chi connectivity index (χ0v) is 18.9. The van der Waals surface area contributed by atoms with Gasteiger partial charge in [-0.25, -0.2) is 9.59 Å². The summed E-state index contributed by atoms with van der Waals surface area (Å²) in [5, 5.41) is 13.7. The summed E-state index contributed by atoms with van der Waals surface area (Å²) < 4.78 is 33.5. The van der Waals surface area contributed by atoms with E-state index in [9.17, 15) is 23.2 Å². The summed E-state index contributed by atoms with van der Waals surface area (Å²) in [5.41, 5.74) is 4.46. The summed E-state index contributed by atoms with van der Waals surface area (Å²) in [6, 6.07) is 14.3. The topological polar surface area (TPSA) is 105 Å². The lowest BCUT2D eigenvalue weighted by Gasteiger charge is -2.24. The minimum absolute atomic E-state index is 0.0668. The fourth-order valence-electron chi connectivity index (χ4n) is 4.99. The average molecular weight is 484 g/mol. The van der Waals surface area contributed by atoms with Gasteiger partial charge in [-0.05, 0) is 53.4 Å². The van der Waals surface area contributed by atoms with Gasteiger partial charge in [-0.1, -0.05) is 48.5 Å². The Morgan fingerprint density at radius 3 is 2.20 bits per heavy atom. The predicted octanol–water partition coefficient (Wildman–Crippen LogP) is 3.78. The molecule has 0 heterocycles. The Morgan fingerprint density at radius 2 is 1.63 bits per heavy atom. The van der Waals surface area contributed by atoms with Crippen LogP contribution in [0.1, 0.15) is 36.3 Å². The molecule has 0 saturated heterocycles. The largest absolute Gasteiger partial charge is 0.477 e. The van der Waals surface area contributed by atoms with Crippen LogP contribution in [0.3, 0.4) is 0 Å². The van der Waals surface area contributed by atoms with Crippen molar-refractivity contribution in [3.05, 3.63) is 59.7 Å². The van der Waals surface area contributed by atoms with Crippen molar-refractivity contribution in [2.45, 2.75) is 37.1 Å². The van der Waals surface area contributed by atoms with E-state index in [0.717, 1.165) is 22.3 Å². The molecular weight excluding hydrogens is 458 g/mol. The van der Waals surface area contributed by atoms with Crippen molar-refractivity contribution < 1.29 is 33.0 Å². The van der Waals surface area contributed by atoms with E-state index < -0.39 is 41.8 Å². The van der Waals surface area contributed by atoms with Gasteiger partial charge in [0, 0.05) is 18.4 Å². The molecule has 0 aromatic heterocycles. The van der Waals surface area contributed by atoms with Crippen molar-refractivity contribution in [1.29, 1.82) is 0 Å². The van der Waals surface area contributed by atoms with Gasteiger partial charge in [-0.2, -0.15) is 8.78 Å². The molecule has 3 aliphatic rings. The molecule has 35 heavy (non-hydrogen) atoms. The first-order chi connectivity index (χ1) is 16.8. The van der Waals surface area contributed by atoms with Gasteiger partial charge in [0.25, 0.3) is 0 Å². The molecule has 2 aromatic carbocycles. The van der Waals surface area contributed by atoms with Crippen LogP contribution in [0.15, 0.2) is 48.5 Å². The van der Waals surface area contributed by atoms with Gasteiger partial charge in [0.1, 0.15) is 12.6 Å². The van der Waals surface area contributed by atoms with Crippen LogP contribution in [-0.4, -0.2) is 48.2 Å². The van der Waals surface area contributed by atoms with E-state index in [1.165, 1.54) is 0 Å². The van der Waals surface area contributed by atoms with Gasteiger partial charge in [0.05, 0.1) is 0 Å². The fraction of sp³-hybridized carbons (Fsp3) is 0.423. The number of ether oxygens (including phenoxy) is 1. The molecule has 2 aromatic rings. The number of hydrogen-bond acceptors (Lipinski definition) is 4. The number of halogens is 2. The molecular formula is C26H26F2N2O5. The van der Waals surface area contributed by atoms with Crippen LogP contribution in [0.2, 0.25) is 0 Å². The van der Waals surface area contributed by atoms with Crippen LogP contribution < -0.4 is 10.6 Å². The van der Waals surface area contributed by atoms with Crippen LogP contribution >= 0.6 is 0 Å². The summed E-state index contributed by atoms with van der Waals surface area (Å²) in [6.07, 6.45) is 0.758. The first-order valence-electron chi connectivity index (χ1n) is 11.8. The molecule has 9 heteroatoms. The number of fused-ring (bicyclic) bond motifs is 3. The summed E-state index contributed by atoms with van der Waals surface area (Å²) in [5.74, 6) is -8.17. The van der Waals surface area contributed by atoms with Gasteiger partial charge in [0.2, 0.25) is 5.91 Å². The summed E-state index contributed by atoms with van der Waals surface area (Å²) in [6.45, 7) is 0.347. The van der Waals surface area contributed by atoms with E-state index in [1.807, 2.05) is 48.5 Å². The van der Waals surface area contributed by atoms with Crippen molar-refractivity contribution in [3.63, 3.8) is 0 Å². The molecule has 0 radical (unpaired) electrons. The normalized spacial score (nSPS) is 21.4. The Bertz CT molecular complexity index is 1120. The zero-order valence-electron chi connectivity index (χ0n) is 18.9. The second-order valence-corrected chi connectivity index (χ2v) is 9.56. The maximum Gasteiger partial charge on any atom is 0.407 e. The number of alkyl carbamates (subject to hydrolysis) is 1. The zero-order chi connectivity index (χ0) is 24.7. The molecule has 0 spiro atoms. The monoisotopic (exact) mass is 484 g/mol. The number of alkyl halides is 2. The molecule has 1 unspecified atom stereocenters. The third-order valence-electron chi connectivity index (χ3n) is 7.18. The average Bonchev–Trinajstić information content (AvgIpc) is 3.77. The van der Waals surface area contributed by atoms with Crippen molar-refractivity contribution >= 4 is 18.0 Å². The van der Waals surface area contributed by atoms with E-state index in [4.69, 9.17) is 9.84 Å². The maximum absolute atomic E-state index is 14.0. The Labute approximate surface area is 200 Å². The molecule has 3 aliphatic carbocycles. The van der Waals surface area contributed by atoms with Crippen molar-refractivity contribution in [2.75, 3.05) is 13.2 Å². The summed E-state index contributed by atoms with van der Waals surface area (Å²) >= 11 is 0. The molecule has 3 atom stereocenters. The molecule has 2 saturated carbocycles. The molecule has 5 rings (SSSR count). The standard InChI is InChI=1S/C26H26F2N2O5/c27-26(28,24(32)33)22(14-9-10-14)30-23(31)20-11-15(20)12-29-25(34)35-13-21-18-7-3-1-5-16(18)17-6-2-4-8-19(17)21/h1-8,14-15,20-22H,9-13H2,(H,29,34)(H,30,31)(H,32,33)/t15-,20-,22?/m0/s1. The van der Waals surface area contributed by atoms with Gasteiger partial charge in [-0.3, -0.25) is 4.79 Å². The number of carboxylic acid groups (broad SMARTS) is 1. The molecule has 2 fully saturated rings. The number of aliphatic carboxylic acids is 1. The number of carboxylic acids is 1. The lowest BCUT2D eigenvalue weighted by atomic mass is 9.98. The van der Waals surface area contributed by atoms with Crippen LogP contribution in [0, 0.1) is 17.8 Å². The minimum atomic E-state index is -4.01. The van der Waals surface area contributed by atoms with Crippen molar-refractivity contribution in [2.24, 2.45) is 17.8 Å². The number of benzene rings is 2. The molecule has 7 nitrogen and oxygen atoms in total. The van der Waals surface area contributed by atoms with Gasteiger partial charge in [-0.15, -0.1) is 0 Å². The molecule has 3 N–H and O–H groups in total. The maximum atomic E-state index is 14.0. The minimum Gasteiger partial charge on any atom is -0.477 e. The highest BCUT2D eigenvalue weighted by Gasteiger charge is 2.56. The Morgan fingerprint density at radius 1 is 1.03 bits per heavy atom. The lowest BCUT2D eigenvalue weighted by molar-refractivity contribution is -0.171. The van der Waals surface area contributed by atoms with Crippen LogP contribution in [0.25, 0.3) is 11.1 Å². The number of nitrogens with one attached hydrogen (secondary N) is 2. The Balaban J connectivity index is 1.10. The van der Waals surface area contributed by atoms with Crippen molar-refractivity contribution in [3.8, 4) is 11.1 Å². The Kier molecular flexibility index (Phi) is 5.94. The first-order valence-corrected chi connectivity index (χ1v) is 11.8. The highest BCUT2D eigenvalue weighted by atomic mass is 19.3. The van der Waals surface area contributed by atoms with Gasteiger partial charge >= 0.3 is 18.0 Å². The number of carbonyl (C=O) groups is 3. The highest BCUT2D eigenvalue weighted by Crippen LogP contribution is 2.45. The van der Waals surface area contributed by atoms with Gasteiger partial charge < -0.3 is 20.5 Å². The molecule has 0 aliphatic heterocycles. The smallest absolute Gasteiger partial charge is 0.407 e. The van der Waals surface area contributed by atoms with Crippen LogP contribution in [-0.2, 0) is 14.3 Å². The first kappa shape index (κ1) is 23.3. The lowest BCUT2D eigenvalue weighted by Crippen LogP contribution is -2.53. The third-order valence-corrected chi connectivity index (χ3v) is 7.18.